The number of aryl methyl sites for hydroxylation is 1. The minimum Gasteiger partial charge on any atom is -0.360 e. The van der Waals surface area contributed by atoms with E-state index >= 15 is 0 Å². The van der Waals surface area contributed by atoms with Crippen LogP contribution in [0.25, 0.3) is 11.3 Å². The number of nitrogens with zero attached hydrogens (tertiary/aromatic N) is 1. The summed E-state index contributed by atoms with van der Waals surface area (Å²) in [6, 6.07) is 18.2. The minimum absolute atomic E-state index is 0.0559. The Morgan fingerprint density at radius 3 is 2.56 bits per heavy atom. The van der Waals surface area contributed by atoms with Crippen LogP contribution in [0.3, 0.4) is 0 Å². The van der Waals surface area contributed by atoms with Gasteiger partial charge in [-0.25, -0.2) is 0 Å². The standard InChI is InChI=1S/C24H20ClN3O3S/c1-15-22(23(28-31-15)19-6-2-3-7-20(19)25)24(30)27-17-10-8-16(9-11-17)13-21(29)26-14-18-5-4-12-32-18/h2-12H,13-14H2,1H3,(H,26,29)(H,27,30). The van der Waals surface area contributed by atoms with Gasteiger partial charge in [-0.1, -0.05) is 53.2 Å². The molecule has 32 heavy (non-hydrogen) atoms. The van der Waals surface area contributed by atoms with Crippen molar-refractivity contribution < 1.29 is 14.1 Å². The molecule has 0 atom stereocenters. The molecule has 0 aliphatic rings. The highest BCUT2D eigenvalue weighted by atomic mass is 35.5. The molecule has 0 saturated heterocycles. The van der Waals surface area contributed by atoms with Gasteiger partial charge in [0.15, 0.2) is 0 Å². The zero-order chi connectivity index (χ0) is 22.5. The van der Waals surface area contributed by atoms with Gasteiger partial charge in [0.05, 0.1) is 18.0 Å². The largest absolute Gasteiger partial charge is 0.360 e. The van der Waals surface area contributed by atoms with E-state index in [4.69, 9.17) is 16.1 Å². The topological polar surface area (TPSA) is 84.2 Å². The average molecular weight is 466 g/mol. The van der Waals surface area contributed by atoms with Crippen LogP contribution in [0.2, 0.25) is 5.02 Å². The molecule has 4 rings (SSSR count). The number of benzene rings is 2. The number of halogens is 1. The number of anilines is 1. The van der Waals surface area contributed by atoms with Gasteiger partial charge >= 0.3 is 0 Å². The van der Waals surface area contributed by atoms with Crippen molar-refractivity contribution in [3.8, 4) is 11.3 Å². The second-order valence-electron chi connectivity index (χ2n) is 7.13. The van der Waals surface area contributed by atoms with Crippen LogP contribution in [0.15, 0.2) is 70.6 Å². The molecule has 0 fully saturated rings. The lowest BCUT2D eigenvalue weighted by atomic mass is 10.1. The summed E-state index contributed by atoms with van der Waals surface area (Å²) in [6.45, 7) is 2.21. The van der Waals surface area contributed by atoms with E-state index in [9.17, 15) is 9.59 Å². The molecule has 2 aromatic heterocycles. The van der Waals surface area contributed by atoms with Crippen LogP contribution in [0.1, 0.15) is 26.6 Å². The minimum atomic E-state index is -0.347. The molecule has 6 nitrogen and oxygen atoms in total. The van der Waals surface area contributed by atoms with E-state index in [1.54, 1.807) is 42.5 Å². The lowest BCUT2D eigenvalue weighted by Crippen LogP contribution is -2.24. The zero-order valence-electron chi connectivity index (χ0n) is 17.2. The Morgan fingerprint density at radius 1 is 1.06 bits per heavy atom. The third kappa shape index (κ3) is 5.07. The van der Waals surface area contributed by atoms with Crippen LogP contribution >= 0.6 is 22.9 Å². The van der Waals surface area contributed by atoms with Gasteiger partial charge in [0.2, 0.25) is 5.91 Å². The first kappa shape index (κ1) is 21.8. The predicted octanol–water partition coefficient (Wildman–Crippen LogP) is 5.48. The second kappa shape index (κ2) is 9.80. The highest BCUT2D eigenvalue weighted by Gasteiger charge is 2.23. The van der Waals surface area contributed by atoms with E-state index in [-0.39, 0.29) is 18.2 Å². The van der Waals surface area contributed by atoms with E-state index in [1.165, 1.54) is 0 Å². The fourth-order valence-electron chi connectivity index (χ4n) is 3.22. The Balaban J connectivity index is 1.41. The number of rotatable bonds is 7. The van der Waals surface area contributed by atoms with Crippen molar-refractivity contribution in [2.24, 2.45) is 0 Å². The normalized spacial score (nSPS) is 10.7. The van der Waals surface area contributed by atoms with Crippen LogP contribution < -0.4 is 10.6 Å². The van der Waals surface area contributed by atoms with Gasteiger partial charge in [-0.15, -0.1) is 11.3 Å². The Hall–Kier alpha value is -3.42. The van der Waals surface area contributed by atoms with Gasteiger partial charge in [0.1, 0.15) is 17.0 Å². The maximum absolute atomic E-state index is 12.9. The predicted molar refractivity (Wildman–Crippen MR) is 126 cm³/mol. The lowest BCUT2D eigenvalue weighted by Gasteiger charge is -2.08. The number of hydrogen-bond donors (Lipinski definition) is 2. The van der Waals surface area contributed by atoms with Crippen molar-refractivity contribution in [2.45, 2.75) is 19.9 Å². The molecule has 0 radical (unpaired) electrons. The summed E-state index contributed by atoms with van der Waals surface area (Å²) in [5, 5.41) is 12.3. The number of thiophene rings is 1. The van der Waals surface area contributed by atoms with E-state index in [2.05, 4.69) is 15.8 Å². The molecular weight excluding hydrogens is 446 g/mol. The molecule has 0 bridgehead atoms. The molecule has 2 aromatic carbocycles. The summed E-state index contributed by atoms with van der Waals surface area (Å²) in [4.78, 5) is 26.2. The monoisotopic (exact) mass is 465 g/mol. The molecule has 2 amide bonds. The molecule has 0 saturated carbocycles. The number of aromatic nitrogens is 1. The summed E-state index contributed by atoms with van der Waals surface area (Å²) in [7, 11) is 0. The molecule has 2 heterocycles. The molecule has 8 heteroatoms. The van der Waals surface area contributed by atoms with Crippen molar-refractivity contribution in [2.75, 3.05) is 5.32 Å². The number of carbonyl (C=O) groups is 2. The summed E-state index contributed by atoms with van der Waals surface area (Å²) >= 11 is 7.88. The quantitative estimate of drug-likeness (QED) is 0.378. The van der Waals surface area contributed by atoms with Gasteiger partial charge < -0.3 is 15.2 Å². The Morgan fingerprint density at radius 2 is 1.84 bits per heavy atom. The maximum Gasteiger partial charge on any atom is 0.261 e. The van der Waals surface area contributed by atoms with Crippen molar-refractivity contribution in [3.63, 3.8) is 0 Å². The highest BCUT2D eigenvalue weighted by molar-refractivity contribution is 7.09. The first-order valence-electron chi connectivity index (χ1n) is 9.92. The molecule has 0 unspecified atom stereocenters. The average Bonchev–Trinajstić information content (AvgIpc) is 3.44. The third-order valence-electron chi connectivity index (χ3n) is 4.84. The van der Waals surface area contributed by atoms with Crippen LogP contribution in [0.5, 0.6) is 0 Å². The fraction of sp³-hybridized carbons (Fsp3) is 0.125. The van der Waals surface area contributed by atoms with E-state index < -0.39 is 0 Å². The van der Waals surface area contributed by atoms with Crippen molar-refractivity contribution in [3.05, 3.63) is 92.8 Å². The SMILES string of the molecule is Cc1onc(-c2ccccc2Cl)c1C(=O)Nc1ccc(CC(=O)NCc2cccs2)cc1. The van der Waals surface area contributed by atoms with Crippen LogP contribution in [-0.4, -0.2) is 17.0 Å². The molecule has 162 valence electrons. The Kier molecular flexibility index (Phi) is 6.68. The third-order valence-corrected chi connectivity index (χ3v) is 6.04. The molecule has 2 N–H and O–H groups in total. The number of hydrogen-bond acceptors (Lipinski definition) is 5. The molecule has 0 spiro atoms. The van der Waals surface area contributed by atoms with E-state index in [0.29, 0.717) is 39.8 Å². The summed E-state index contributed by atoms with van der Waals surface area (Å²) in [5.74, 6) is -0.00349. The maximum atomic E-state index is 12.9. The number of nitrogens with one attached hydrogen (secondary N) is 2. The summed E-state index contributed by atoms with van der Waals surface area (Å²) < 4.78 is 5.26. The van der Waals surface area contributed by atoms with Gasteiger partial charge in [-0.3, -0.25) is 9.59 Å². The molecule has 0 aliphatic carbocycles. The first-order valence-corrected chi connectivity index (χ1v) is 11.2. The fourth-order valence-corrected chi connectivity index (χ4v) is 4.09. The van der Waals surface area contributed by atoms with Crippen LogP contribution in [0, 0.1) is 6.92 Å². The van der Waals surface area contributed by atoms with Crippen molar-refractivity contribution >= 4 is 40.4 Å². The Bertz CT molecular complexity index is 1230. The van der Waals surface area contributed by atoms with Crippen LogP contribution in [0.4, 0.5) is 5.69 Å². The summed E-state index contributed by atoms with van der Waals surface area (Å²) in [5.41, 5.74) is 2.80. The van der Waals surface area contributed by atoms with Gasteiger partial charge in [0, 0.05) is 16.1 Å². The molecule has 0 aliphatic heterocycles. The van der Waals surface area contributed by atoms with Crippen LogP contribution in [-0.2, 0) is 17.8 Å². The smallest absolute Gasteiger partial charge is 0.261 e. The lowest BCUT2D eigenvalue weighted by molar-refractivity contribution is -0.120. The first-order chi connectivity index (χ1) is 15.5. The highest BCUT2D eigenvalue weighted by Crippen LogP contribution is 2.31. The molecule has 4 aromatic rings. The second-order valence-corrected chi connectivity index (χ2v) is 8.57. The Labute approximate surface area is 194 Å². The van der Waals surface area contributed by atoms with Crippen molar-refractivity contribution in [1.82, 2.24) is 10.5 Å². The van der Waals surface area contributed by atoms with Gasteiger partial charge in [0.25, 0.3) is 5.91 Å². The van der Waals surface area contributed by atoms with E-state index in [1.807, 2.05) is 41.8 Å². The van der Waals surface area contributed by atoms with Gasteiger partial charge in [-0.05, 0) is 42.1 Å². The summed E-state index contributed by atoms with van der Waals surface area (Å²) in [6.07, 6.45) is 0.265. The number of amides is 2. The molecular formula is C24H20ClN3O3S. The zero-order valence-corrected chi connectivity index (χ0v) is 18.8. The van der Waals surface area contributed by atoms with E-state index in [0.717, 1.165) is 10.4 Å². The van der Waals surface area contributed by atoms with Crippen molar-refractivity contribution in [1.29, 1.82) is 0 Å². The number of carbonyl (C=O) groups excluding carboxylic acids is 2. The van der Waals surface area contributed by atoms with Gasteiger partial charge in [-0.2, -0.15) is 0 Å².